The van der Waals surface area contributed by atoms with Gasteiger partial charge in [0.25, 0.3) is 0 Å². The van der Waals surface area contributed by atoms with E-state index in [1.165, 1.54) is 5.56 Å². The van der Waals surface area contributed by atoms with Crippen molar-refractivity contribution in [3.63, 3.8) is 0 Å². The molecular weight excluding hydrogens is 429 g/mol. The van der Waals surface area contributed by atoms with E-state index in [0.717, 1.165) is 36.1 Å². The number of carbonyl (C=O) groups is 1. The largest absolute Gasteiger partial charge is 0.478 e. The maximum absolute atomic E-state index is 13.8. The van der Waals surface area contributed by atoms with E-state index in [9.17, 15) is 14.3 Å². The molecule has 1 aliphatic carbocycles. The monoisotopic (exact) mass is 465 g/mol. The lowest BCUT2D eigenvalue weighted by Crippen LogP contribution is -2.42. The predicted octanol–water partition coefficient (Wildman–Crippen LogP) is 6.10. The number of carboxylic acids is 1. The van der Waals surface area contributed by atoms with Gasteiger partial charge in [0, 0.05) is 18.1 Å². The Morgan fingerprint density at radius 1 is 1.21 bits per heavy atom. The number of hydrogen-bond donors (Lipinski definition) is 2. The number of carboxylic acid groups (broad SMARTS) is 1. The molecule has 4 nitrogen and oxygen atoms in total. The van der Waals surface area contributed by atoms with Crippen LogP contribution in [0.4, 0.5) is 4.39 Å². The highest BCUT2D eigenvalue weighted by Gasteiger charge is 2.21. The second-order valence-electron chi connectivity index (χ2n) is 9.79. The molecule has 0 saturated heterocycles. The topological polar surface area (TPSA) is 58.6 Å². The van der Waals surface area contributed by atoms with Gasteiger partial charge in [-0.05, 0) is 87.4 Å². The molecule has 0 aromatic heterocycles. The van der Waals surface area contributed by atoms with Gasteiger partial charge in [0.15, 0.2) is 0 Å². The van der Waals surface area contributed by atoms with Crippen LogP contribution in [-0.4, -0.2) is 29.8 Å². The maximum atomic E-state index is 13.8. The van der Waals surface area contributed by atoms with E-state index < -0.39 is 5.97 Å². The summed E-state index contributed by atoms with van der Waals surface area (Å²) in [6.07, 6.45) is 6.18. The third-order valence-electron chi connectivity index (χ3n) is 6.35. The fourth-order valence-corrected chi connectivity index (χ4v) is 4.47. The first kappa shape index (κ1) is 25.9. The van der Waals surface area contributed by atoms with Crippen LogP contribution in [0, 0.1) is 12.7 Å². The van der Waals surface area contributed by atoms with Crippen LogP contribution >= 0.6 is 0 Å². The Labute approximate surface area is 202 Å². The van der Waals surface area contributed by atoms with Crippen LogP contribution < -0.4 is 5.32 Å². The quantitative estimate of drug-likeness (QED) is 0.394. The number of rotatable bonds is 11. The molecule has 0 heterocycles. The number of allylic oxidation sites excluding steroid dienone is 2. The zero-order valence-electron chi connectivity index (χ0n) is 20.7. The molecule has 1 unspecified atom stereocenters. The van der Waals surface area contributed by atoms with Crippen molar-refractivity contribution in [2.75, 3.05) is 13.2 Å². The Morgan fingerprint density at radius 2 is 1.97 bits per heavy atom. The second kappa shape index (κ2) is 11.6. The van der Waals surface area contributed by atoms with Gasteiger partial charge in [-0.25, -0.2) is 9.18 Å². The van der Waals surface area contributed by atoms with Gasteiger partial charge < -0.3 is 15.2 Å². The first-order chi connectivity index (χ1) is 16.2. The summed E-state index contributed by atoms with van der Waals surface area (Å²) in [7, 11) is 0. The van der Waals surface area contributed by atoms with E-state index in [1.54, 1.807) is 13.0 Å². The van der Waals surface area contributed by atoms with Gasteiger partial charge in [0.2, 0.25) is 0 Å². The van der Waals surface area contributed by atoms with E-state index >= 15 is 0 Å². The Balaban J connectivity index is 1.45. The van der Waals surface area contributed by atoms with Gasteiger partial charge >= 0.3 is 5.97 Å². The van der Waals surface area contributed by atoms with Gasteiger partial charge in [0.1, 0.15) is 5.82 Å². The third kappa shape index (κ3) is 7.12. The zero-order chi connectivity index (χ0) is 24.7. The van der Waals surface area contributed by atoms with Crippen LogP contribution in [0.5, 0.6) is 0 Å². The Morgan fingerprint density at radius 3 is 2.68 bits per heavy atom. The lowest BCUT2D eigenvalue weighted by Gasteiger charge is -2.27. The van der Waals surface area contributed by atoms with Crippen molar-refractivity contribution in [2.45, 2.75) is 65.0 Å². The van der Waals surface area contributed by atoms with E-state index in [-0.39, 0.29) is 17.3 Å². The molecule has 182 valence electrons. The molecule has 0 radical (unpaired) electrons. The number of ether oxygens (including phenoxy) is 1. The molecule has 3 rings (SSSR count). The lowest BCUT2D eigenvalue weighted by atomic mass is 9.84. The molecule has 1 aliphatic rings. The van der Waals surface area contributed by atoms with Crippen LogP contribution in [0.25, 0.3) is 0 Å². The van der Waals surface area contributed by atoms with Crippen LogP contribution in [0.2, 0.25) is 0 Å². The summed E-state index contributed by atoms with van der Waals surface area (Å²) in [4.78, 5) is 11.3. The number of aryl methyl sites for hydroxylation is 1. The van der Waals surface area contributed by atoms with Gasteiger partial charge in [-0.1, -0.05) is 48.6 Å². The molecule has 0 saturated carbocycles. The fourth-order valence-electron chi connectivity index (χ4n) is 4.47. The summed E-state index contributed by atoms with van der Waals surface area (Å²) in [5.41, 5.74) is 5.05. The first-order valence-corrected chi connectivity index (χ1v) is 11.9. The SMILES string of the molecule is CC1=CC(c2ccccc2COCCCNC(C)(C)Cc2ccc(C)c(F)c2)CC=C1C(=O)O. The van der Waals surface area contributed by atoms with Crippen LogP contribution in [0.15, 0.2) is 65.8 Å². The Kier molecular flexibility index (Phi) is 8.81. The zero-order valence-corrected chi connectivity index (χ0v) is 20.7. The van der Waals surface area contributed by atoms with Crippen LogP contribution in [0.3, 0.4) is 0 Å². The van der Waals surface area contributed by atoms with E-state index in [0.29, 0.717) is 30.8 Å². The maximum Gasteiger partial charge on any atom is 0.335 e. The van der Waals surface area contributed by atoms with E-state index in [4.69, 9.17) is 4.74 Å². The Hall–Kier alpha value is -2.76. The molecule has 5 heteroatoms. The molecule has 1 atom stereocenters. The normalized spacial score (nSPS) is 16.2. The number of halogens is 1. The summed E-state index contributed by atoms with van der Waals surface area (Å²) in [6, 6.07) is 13.7. The van der Waals surface area contributed by atoms with Gasteiger partial charge in [-0.2, -0.15) is 0 Å². The molecule has 0 bridgehead atoms. The number of nitrogens with one attached hydrogen (secondary N) is 1. The number of hydrogen-bond acceptors (Lipinski definition) is 3. The molecule has 2 aromatic rings. The third-order valence-corrected chi connectivity index (χ3v) is 6.35. The fraction of sp³-hybridized carbons (Fsp3) is 0.414. The average molecular weight is 466 g/mol. The predicted molar refractivity (Wildman–Crippen MR) is 134 cm³/mol. The van der Waals surface area contributed by atoms with Crippen molar-refractivity contribution in [1.29, 1.82) is 0 Å². The molecule has 0 fully saturated rings. The minimum Gasteiger partial charge on any atom is -0.478 e. The molecule has 0 aliphatic heterocycles. The molecule has 0 amide bonds. The van der Waals surface area contributed by atoms with E-state index in [1.807, 2.05) is 43.3 Å². The van der Waals surface area contributed by atoms with Crippen molar-refractivity contribution in [3.8, 4) is 0 Å². The van der Waals surface area contributed by atoms with Gasteiger partial charge in [0.05, 0.1) is 12.2 Å². The lowest BCUT2D eigenvalue weighted by molar-refractivity contribution is -0.132. The number of benzene rings is 2. The van der Waals surface area contributed by atoms with Crippen molar-refractivity contribution in [2.24, 2.45) is 0 Å². The van der Waals surface area contributed by atoms with E-state index in [2.05, 4.69) is 31.3 Å². The number of aliphatic carboxylic acids is 1. The summed E-state index contributed by atoms with van der Waals surface area (Å²) in [6.45, 7) is 9.88. The van der Waals surface area contributed by atoms with Crippen LogP contribution in [0.1, 0.15) is 61.8 Å². The summed E-state index contributed by atoms with van der Waals surface area (Å²) < 4.78 is 19.8. The molecule has 2 aromatic carbocycles. The molecular formula is C29H36FNO3. The minimum absolute atomic E-state index is 0.137. The summed E-state index contributed by atoms with van der Waals surface area (Å²) >= 11 is 0. The highest BCUT2D eigenvalue weighted by atomic mass is 19.1. The Bertz CT molecular complexity index is 1070. The second-order valence-corrected chi connectivity index (χ2v) is 9.79. The minimum atomic E-state index is -0.869. The van der Waals surface area contributed by atoms with Crippen LogP contribution in [-0.2, 0) is 22.6 Å². The van der Waals surface area contributed by atoms with Crippen molar-refractivity contribution >= 4 is 5.97 Å². The van der Waals surface area contributed by atoms with Crippen molar-refractivity contribution < 1.29 is 19.0 Å². The summed E-state index contributed by atoms with van der Waals surface area (Å²) in [5.74, 6) is -0.859. The smallest absolute Gasteiger partial charge is 0.335 e. The highest BCUT2D eigenvalue weighted by molar-refractivity contribution is 5.92. The summed E-state index contributed by atoms with van der Waals surface area (Å²) in [5, 5.41) is 12.9. The van der Waals surface area contributed by atoms with Crippen molar-refractivity contribution in [3.05, 3.63) is 93.8 Å². The van der Waals surface area contributed by atoms with Crippen molar-refractivity contribution in [1.82, 2.24) is 5.32 Å². The average Bonchev–Trinajstić information content (AvgIpc) is 2.78. The van der Waals surface area contributed by atoms with Gasteiger partial charge in [-0.15, -0.1) is 0 Å². The first-order valence-electron chi connectivity index (χ1n) is 11.9. The molecule has 2 N–H and O–H groups in total. The standard InChI is InChI=1S/C29H36FNO3/c1-20-10-11-22(17-27(20)30)18-29(3,4)31-14-7-15-34-19-24-8-5-6-9-26(24)23-12-13-25(28(32)33)21(2)16-23/h5-6,8-11,13,16-17,23,31H,7,12,14-15,18-19H2,1-4H3,(H,32,33). The highest BCUT2D eigenvalue weighted by Crippen LogP contribution is 2.32. The molecule has 34 heavy (non-hydrogen) atoms. The van der Waals surface area contributed by atoms with Gasteiger partial charge in [-0.3, -0.25) is 0 Å². The molecule has 0 spiro atoms.